The van der Waals surface area contributed by atoms with Gasteiger partial charge in [0.05, 0.1) is 11.0 Å². The Morgan fingerprint density at radius 1 is 0.667 bits per heavy atom. The van der Waals surface area contributed by atoms with Gasteiger partial charge in [-0.1, -0.05) is 60.1 Å². The molecule has 0 atom stereocenters. The lowest BCUT2D eigenvalue weighted by Crippen LogP contribution is -2.00. The average molecular weight is 343 g/mol. The maximum atomic E-state index is 6.34. The van der Waals surface area contributed by atoms with Crippen LogP contribution in [0.5, 0.6) is 0 Å². The smallest absolute Gasteiger partial charge is 0.160 e. The molecular formula is C24H14BNO. The molecule has 0 aliphatic heterocycles. The van der Waals surface area contributed by atoms with Crippen LogP contribution in [0.3, 0.4) is 0 Å². The van der Waals surface area contributed by atoms with Gasteiger partial charge in [-0.15, -0.1) is 0 Å². The molecule has 2 nitrogen and oxygen atoms in total. The largest absolute Gasteiger partial charge is 0.454 e. The topological polar surface area (TPSA) is 18.1 Å². The number of rotatable bonds is 1. The van der Waals surface area contributed by atoms with Gasteiger partial charge in [0.2, 0.25) is 0 Å². The number of furan rings is 1. The number of hydrogen-bond acceptors (Lipinski definition) is 1. The zero-order chi connectivity index (χ0) is 18.0. The molecule has 3 heteroatoms. The first-order valence-electron chi connectivity index (χ1n) is 9.00. The molecule has 6 aromatic rings. The summed E-state index contributed by atoms with van der Waals surface area (Å²) < 4.78 is 8.61. The maximum absolute atomic E-state index is 6.34. The first kappa shape index (κ1) is 14.7. The molecule has 0 saturated heterocycles. The van der Waals surface area contributed by atoms with E-state index in [1.165, 1.54) is 0 Å². The van der Waals surface area contributed by atoms with Gasteiger partial charge in [-0.3, -0.25) is 0 Å². The predicted octanol–water partition coefficient (Wildman–Crippen LogP) is 5.48. The minimum absolute atomic E-state index is 0.763. The van der Waals surface area contributed by atoms with E-state index >= 15 is 0 Å². The average Bonchev–Trinajstić information content (AvgIpc) is 3.24. The number of hydrogen-bond donors (Lipinski definition) is 0. The van der Waals surface area contributed by atoms with E-state index in [0.717, 1.165) is 54.9 Å². The zero-order valence-electron chi connectivity index (χ0n) is 14.5. The molecule has 0 amide bonds. The van der Waals surface area contributed by atoms with E-state index in [4.69, 9.17) is 12.3 Å². The molecular weight excluding hydrogens is 329 g/mol. The molecule has 124 valence electrons. The molecule has 0 saturated carbocycles. The highest BCUT2D eigenvalue weighted by molar-refractivity contribution is 6.34. The van der Waals surface area contributed by atoms with Crippen LogP contribution < -0.4 is 5.46 Å². The molecule has 2 radical (unpaired) electrons. The summed E-state index contributed by atoms with van der Waals surface area (Å²) in [6.07, 6.45) is 0. The fourth-order valence-electron chi connectivity index (χ4n) is 4.14. The Labute approximate surface area is 157 Å². The van der Waals surface area contributed by atoms with Gasteiger partial charge in [-0.2, -0.15) is 0 Å². The summed E-state index contributed by atoms with van der Waals surface area (Å²) in [5, 5.41) is 4.55. The summed E-state index contributed by atoms with van der Waals surface area (Å²) in [5.41, 5.74) is 5.89. The molecule has 27 heavy (non-hydrogen) atoms. The Kier molecular flexibility index (Phi) is 2.87. The maximum Gasteiger partial charge on any atom is 0.160 e. The Morgan fingerprint density at radius 2 is 1.44 bits per heavy atom. The van der Waals surface area contributed by atoms with Crippen molar-refractivity contribution in [2.24, 2.45) is 0 Å². The first-order chi connectivity index (χ1) is 13.3. The third kappa shape index (κ3) is 1.97. The summed E-state index contributed by atoms with van der Waals surface area (Å²) in [6.45, 7) is 0. The van der Waals surface area contributed by atoms with Crippen molar-refractivity contribution in [3.05, 3.63) is 84.9 Å². The van der Waals surface area contributed by atoms with Gasteiger partial charge < -0.3 is 8.98 Å². The van der Waals surface area contributed by atoms with Crippen LogP contribution in [0.2, 0.25) is 0 Å². The van der Waals surface area contributed by atoms with Crippen molar-refractivity contribution in [2.75, 3.05) is 0 Å². The zero-order valence-corrected chi connectivity index (χ0v) is 14.5. The molecule has 0 spiro atoms. The molecule has 0 fully saturated rings. The van der Waals surface area contributed by atoms with Gasteiger partial charge in [-0.25, -0.2) is 0 Å². The van der Waals surface area contributed by atoms with Crippen molar-refractivity contribution in [1.82, 2.24) is 4.57 Å². The number of aromatic nitrogens is 1. The molecule has 0 aliphatic carbocycles. The van der Waals surface area contributed by atoms with Gasteiger partial charge in [-0.05, 0) is 30.3 Å². The van der Waals surface area contributed by atoms with Crippen LogP contribution >= 0.6 is 0 Å². The summed E-state index contributed by atoms with van der Waals surface area (Å²) in [6, 6.07) is 29.0. The van der Waals surface area contributed by atoms with Gasteiger partial charge in [0.1, 0.15) is 13.4 Å². The van der Waals surface area contributed by atoms with Gasteiger partial charge in [0, 0.05) is 27.2 Å². The Hall–Kier alpha value is -3.46. The first-order valence-corrected chi connectivity index (χ1v) is 9.00. The Balaban J connectivity index is 1.92. The van der Waals surface area contributed by atoms with Crippen molar-refractivity contribution < 1.29 is 4.42 Å². The number of nitrogens with zero attached hydrogens (tertiary/aromatic N) is 1. The minimum atomic E-state index is 0.763. The molecule has 0 unspecified atom stereocenters. The van der Waals surface area contributed by atoms with Gasteiger partial charge >= 0.3 is 0 Å². The third-order valence-corrected chi connectivity index (χ3v) is 5.31. The summed E-state index contributed by atoms with van der Waals surface area (Å²) >= 11 is 0. The molecule has 4 aromatic carbocycles. The second kappa shape index (κ2) is 5.27. The summed E-state index contributed by atoms with van der Waals surface area (Å²) in [4.78, 5) is 0. The number of benzene rings is 4. The Bertz CT molecular complexity index is 1470. The van der Waals surface area contributed by atoms with E-state index in [2.05, 4.69) is 59.2 Å². The van der Waals surface area contributed by atoms with Crippen molar-refractivity contribution in [3.8, 4) is 5.69 Å². The second-order valence-corrected chi connectivity index (χ2v) is 6.88. The highest BCUT2D eigenvalue weighted by Crippen LogP contribution is 2.39. The van der Waals surface area contributed by atoms with Crippen molar-refractivity contribution in [3.63, 3.8) is 0 Å². The van der Waals surface area contributed by atoms with Crippen LogP contribution in [-0.2, 0) is 0 Å². The monoisotopic (exact) mass is 343 g/mol. The molecule has 2 aromatic heterocycles. The van der Waals surface area contributed by atoms with E-state index in [-0.39, 0.29) is 0 Å². The Morgan fingerprint density at radius 3 is 2.33 bits per heavy atom. The van der Waals surface area contributed by atoms with E-state index in [1.54, 1.807) is 0 Å². The lowest BCUT2D eigenvalue weighted by atomic mass is 9.94. The lowest BCUT2D eigenvalue weighted by Gasteiger charge is -2.07. The predicted molar refractivity (Wildman–Crippen MR) is 113 cm³/mol. The third-order valence-electron chi connectivity index (χ3n) is 5.31. The quantitative estimate of drug-likeness (QED) is 0.362. The second-order valence-electron chi connectivity index (χ2n) is 6.88. The van der Waals surface area contributed by atoms with Crippen LogP contribution in [0.15, 0.2) is 89.3 Å². The fourth-order valence-corrected chi connectivity index (χ4v) is 4.14. The normalized spacial score (nSPS) is 11.9. The molecule has 0 N–H and O–H groups in total. The minimum Gasteiger partial charge on any atom is -0.454 e. The number of fused-ring (bicyclic) bond motifs is 7. The highest BCUT2D eigenvalue weighted by Gasteiger charge is 2.18. The number of para-hydroxylation sites is 2. The van der Waals surface area contributed by atoms with Crippen LogP contribution in [0.4, 0.5) is 0 Å². The van der Waals surface area contributed by atoms with Crippen molar-refractivity contribution >= 4 is 57.1 Å². The highest BCUT2D eigenvalue weighted by atomic mass is 16.3. The van der Waals surface area contributed by atoms with E-state index in [0.29, 0.717) is 0 Å². The van der Waals surface area contributed by atoms with Crippen LogP contribution in [0.25, 0.3) is 49.4 Å². The lowest BCUT2D eigenvalue weighted by molar-refractivity contribution is 0.671. The van der Waals surface area contributed by atoms with Crippen LogP contribution in [-0.4, -0.2) is 12.4 Å². The van der Waals surface area contributed by atoms with Crippen LogP contribution in [0.1, 0.15) is 0 Å². The summed E-state index contributed by atoms with van der Waals surface area (Å²) in [5.74, 6) is 0. The van der Waals surface area contributed by atoms with Crippen molar-refractivity contribution in [2.45, 2.75) is 0 Å². The van der Waals surface area contributed by atoms with Crippen molar-refractivity contribution in [1.29, 1.82) is 0 Å². The molecule has 0 bridgehead atoms. The van der Waals surface area contributed by atoms with E-state index < -0.39 is 0 Å². The SMILES string of the molecule is [B]c1ccc2c(c1)c1ccc3c4ccccc4oc3c1n2-c1ccccc1. The molecule has 6 rings (SSSR count). The van der Waals surface area contributed by atoms with E-state index in [9.17, 15) is 0 Å². The molecule has 0 aliphatic rings. The molecule has 2 heterocycles. The van der Waals surface area contributed by atoms with Gasteiger partial charge in [0.15, 0.2) is 5.58 Å². The van der Waals surface area contributed by atoms with E-state index in [1.807, 2.05) is 30.3 Å². The fraction of sp³-hybridized carbons (Fsp3) is 0. The van der Waals surface area contributed by atoms with Gasteiger partial charge in [0.25, 0.3) is 0 Å². The standard InChI is InChI=1S/C24H14BNO/c25-15-10-13-21-20(14-15)18-11-12-19-17-8-4-5-9-22(17)27-24(19)23(18)26(21)16-6-2-1-3-7-16/h1-14H. The van der Waals surface area contributed by atoms with Crippen LogP contribution in [0, 0.1) is 0 Å². The summed E-state index contributed by atoms with van der Waals surface area (Å²) in [7, 11) is 6.10.